The fraction of sp³-hybridized carbons (Fsp3) is 0.300. The summed E-state index contributed by atoms with van der Waals surface area (Å²) in [4.78, 5) is 10.2. The second-order valence-electron chi connectivity index (χ2n) is 2.80. The number of benzene rings is 1. The molecule has 76 valence electrons. The van der Waals surface area contributed by atoms with Gasteiger partial charge < -0.3 is 14.9 Å². The first-order valence-electron chi connectivity index (χ1n) is 4.27. The van der Waals surface area contributed by atoms with Crippen molar-refractivity contribution in [2.45, 2.75) is 6.42 Å². The Morgan fingerprint density at radius 3 is 2.86 bits per heavy atom. The number of aliphatic hydroxyl groups is 1. The van der Waals surface area contributed by atoms with Crippen LogP contribution in [-0.2, 0) is 11.2 Å². The fourth-order valence-electron chi connectivity index (χ4n) is 1.06. The molecule has 1 aromatic rings. The first-order valence-corrected chi connectivity index (χ1v) is 4.27. The summed E-state index contributed by atoms with van der Waals surface area (Å²) in [5, 5.41) is 17.1. The van der Waals surface area contributed by atoms with E-state index in [1.807, 2.05) is 6.07 Å². The van der Waals surface area contributed by atoms with E-state index in [0.717, 1.165) is 5.56 Å². The Labute approximate surface area is 81.8 Å². The van der Waals surface area contributed by atoms with Crippen molar-refractivity contribution in [1.82, 2.24) is 0 Å². The number of ether oxygens (including phenoxy) is 1. The number of carboxylic acid groups (broad SMARTS) is 1. The Morgan fingerprint density at radius 1 is 1.43 bits per heavy atom. The summed E-state index contributed by atoms with van der Waals surface area (Å²) in [6.45, 7) is -0.273. The van der Waals surface area contributed by atoms with Crippen LogP contribution < -0.4 is 4.74 Å². The molecule has 2 N–H and O–H groups in total. The lowest BCUT2D eigenvalue weighted by molar-refractivity contribution is -0.139. The van der Waals surface area contributed by atoms with Gasteiger partial charge in [-0.25, -0.2) is 4.79 Å². The van der Waals surface area contributed by atoms with Crippen LogP contribution in [0.4, 0.5) is 0 Å². The molecular weight excluding hydrogens is 184 g/mol. The van der Waals surface area contributed by atoms with E-state index in [4.69, 9.17) is 14.9 Å². The average molecular weight is 196 g/mol. The molecule has 0 aliphatic carbocycles. The molecule has 1 rings (SSSR count). The van der Waals surface area contributed by atoms with E-state index in [0.29, 0.717) is 12.2 Å². The number of rotatable bonds is 5. The van der Waals surface area contributed by atoms with Crippen LogP contribution in [0.2, 0.25) is 0 Å². The normalized spacial score (nSPS) is 9.79. The van der Waals surface area contributed by atoms with E-state index in [1.165, 1.54) is 0 Å². The zero-order valence-electron chi connectivity index (χ0n) is 7.64. The third-order valence-electron chi connectivity index (χ3n) is 1.66. The van der Waals surface area contributed by atoms with Crippen LogP contribution in [0.1, 0.15) is 5.56 Å². The summed E-state index contributed by atoms with van der Waals surface area (Å²) >= 11 is 0. The first-order chi connectivity index (χ1) is 6.72. The van der Waals surface area contributed by atoms with E-state index in [9.17, 15) is 4.79 Å². The highest BCUT2D eigenvalue weighted by atomic mass is 16.5. The average Bonchev–Trinajstić information content (AvgIpc) is 2.16. The summed E-state index contributed by atoms with van der Waals surface area (Å²) in [5.74, 6) is -0.490. The molecule has 0 fully saturated rings. The molecule has 0 saturated heterocycles. The second kappa shape index (κ2) is 5.24. The number of hydrogen-bond donors (Lipinski definition) is 2. The Morgan fingerprint density at radius 2 is 2.21 bits per heavy atom. The van der Waals surface area contributed by atoms with Gasteiger partial charge in [0, 0.05) is 6.61 Å². The predicted molar refractivity (Wildman–Crippen MR) is 50.4 cm³/mol. The lowest BCUT2D eigenvalue weighted by atomic mass is 10.1. The van der Waals surface area contributed by atoms with Gasteiger partial charge in [-0.3, -0.25) is 0 Å². The highest BCUT2D eigenvalue weighted by molar-refractivity contribution is 5.68. The van der Waals surface area contributed by atoms with Crippen molar-refractivity contribution >= 4 is 5.97 Å². The van der Waals surface area contributed by atoms with Crippen molar-refractivity contribution in [3.05, 3.63) is 29.8 Å². The minimum Gasteiger partial charge on any atom is -0.482 e. The zero-order valence-corrected chi connectivity index (χ0v) is 7.64. The van der Waals surface area contributed by atoms with Gasteiger partial charge in [0.2, 0.25) is 0 Å². The Bertz CT molecular complexity index is 309. The van der Waals surface area contributed by atoms with Gasteiger partial charge >= 0.3 is 5.97 Å². The third kappa shape index (κ3) is 3.45. The van der Waals surface area contributed by atoms with Gasteiger partial charge in [0.25, 0.3) is 0 Å². The van der Waals surface area contributed by atoms with Gasteiger partial charge in [0.05, 0.1) is 0 Å². The second-order valence-corrected chi connectivity index (χ2v) is 2.80. The molecule has 0 spiro atoms. The lowest BCUT2D eigenvalue weighted by Gasteiger charge is -2.04. The zero-order chi connectivity index (χ0) is 10.4. The van der Waals surface area contributed by atoms with Crippen LogP contribution in [0.15, 0.2) is 24.3 Å². The van der Waals surface area contributed by atoms with Gasteiger partial charge in [0.15, 0.2) is 6.61 Å². The highest BCUT2D eigenvalue weighted by Crippen LogP contribution is 2.13. The maximum Gasteiger partial charge on any atom is 0.341 e. The van der Waals surface area contributed by atoms with Crippen LogP contribution in [-0.4, -0.2) is 29.4 Å². The Balaban J connectivity index is 2.58. The van der Waals surface area contributed by atoms with Gasteiger partial charge in [-0.05, 0) is 24.1 Å². The number of carbonyl (C=O) groups is 1. The number of carboxylic acids is 1. The standard InChI is InChI=1S/C10H12O4/c11-5-4-8-2-1-3-9(6-8)14-7-10(12)13/h1-3,6,11H,4-5,7H2,(H,12,13). The summed E-state index contributed by atoms with van der Waals surface area (Å²) in [6, 6.07) is 7.02. The summed E-state index contributed by atoms with van der Waals surface area (Å²) in [7, 11) is 0. The molecule has 0 saturated carbocycles. The van der Waals surface area contributed by atoms with Crippen molar-refractivity contribution in [2.75, 3.05) is 13.2 Å². The minimum atomic E-state index is -1.00. The Kier molecular flexibility index (Phi) is 3.94. The molecule has 1 aromatic carbocycles. The summed E-state index contributed by atoms with van der Waals surface area (Å²) in [6.07, 6.45) is 0.546. The largest absolute Gasteiger partial charge is 0.482 e. The van der Waals surface area contributed by atoms with Crippen molar-refractivity contribution in [3.8, 4) is 5.75 Å². The first kappa shape index (κ1) is 10.5. The molecule has 0 bridgehead atoms. The van der Waals surface area contributed by atoms with Crippen LogP contribution in [0.5, 0.6) is 5.75 Å². The quantitative estimate of drug-likeness (QED) is 0.726. The van der Waals surface area contributed by atoms with Crippen molar-refractivity contribution < 1.29 is 19.7 Å². The van der Waals surface area contributed by atoms with Gasteiger partial charge in [-0.15, -0.1) is 0 Å². The van der Waals surface area contributed by atoms with E-state index in [-0.39, 0.29) is 13.2 Å². The van der Waals surface area contributed by atoms with Gasteiger partial charge in [0.1, 0.15) is 5.75 Å². The van der Waals surface area contributed by atoms with Crippen LogP contribution in [0, 0.1) is 0 Å². The van der Waals surface area contributed by atoms with E-state index < -0.39 is 5.97 Å². The van der Waals surface area contributed by atoms with E-state index in [2.05, 4.69) is 0 Å². The molecule has 0 aliphatic rings. The topological polar surface area (TPSA) is 66.8 Å². The number of aliphatic carboxylic acids is 1. The lowest BCUT2D eigenvalue weighted by Crippen LogP contribution is -2.09. The summed E-state index contributed by atoms with van der Waals surface area (Å²) in [5.41, 5.74) is 0.926. The maximum atomic E-state index is 10.2. The van der Waals surface area contributed by atoms with E-state index in [1.54, 1.807) is 18.2 Å². The molecule has 0 unspecified atom stereocenters. The molecule has 14 heavy (non-hydrogen) atoms. The maximum absolute atomic E-state index is 10.2. The van der Waals surface area contributed by atoms with Gasteiger partial charge in [-0.2, -0.15) is 0 Å². The van der Waals surface area contributed by atoms with Crippen LogP contribution >= 0.6 is 0 Å². The molecule has 0 amide bonds. The van der Waals surface area contributed by atoms with Crippen molar-refractivity contribution in [1.29, 1.82) is 0 Å². The fourth-order valence-corrected chi connectivity index (χ4v) is 1.06. The number of hydrogen-bond acceptors (Lipinski definition) is 3. The van der Waals surface area contributed by atoms with Crippen LogP contribution in [0.3, 0.4) is 0 Å². The molecule has 0 atom stereocenters. The smallest absolute Gasteiger partial charge is 0.341 e. The van der Waals surface area contributed by atoms with E-state index >= 15 is 0 Å². The molecule has 0 radical (unpaired) electrons. The SMILES string of the molecule is O=C(O)COc1cccc(CCO)c1. The molecule has 4 heteroatoms. The predicted octanol–water partition coefficient (Wildman–Crippen LogP) is 0.685. The van der Waals surface area contributed by atoms with Crippen LogP contribution in [0.25, 0.3) is 0 Å². The minimum absolute atomic E-state index is 0.0718. The monoisotopic (exact) mass is 196 g/mol. The molecular formula is C10H12O4. The Hall–Kier alpha value is -1.55. The molecule has 0 heterocycles. The highest BCUT2D eigenvalue weighted by Gasteiger charge is 1.99. The third-order valence-corrected chi connectivity index (χ3v) is 1.66. The molecule has 0 aromatic heterocycles. The van der Waals surface area contributed by atoms with Crippen molar-refractivity contribution in [3.63, 3.8) is 0 Å². The van der Waals surface area contributed by atoms with Crippen molar-refractivity contribution in [2.24, 2.45) is 0 Å². The molecule has 4 nitrogen and oxygen atoms in total. The number of aliphatic hydroxyl groups excluding tert-OH is 1. The summed E-state index contributed by atoms with van der Waals surface area (Å²) < 4.78 is 4.97. The van der Waals surface area contributed by atoms with Gasteiger partial charge in [-0.1, -0.05) is 12.1 Å². The molecule has 0 aliphatic heterocycles.